The van der Waals surface area contributed by atoms with Crippen LogP contribution in [0.25, 0.3) is 5.69 Å². The van der Waals surface area contributed by atoms with Gasteiger partial charge in [-0.1, -0.05) is 34.1 Å². The van der Waals surface area contributed by atoms with Crippen molar-refractivity contribution < 1.29 is 9.72 Å². The normalized spacial score (nSPS) is 11.0. The van der Waals surface area contributed by atoms with Gasteiger partial charge >= 0.3 is 0 Å². The molecule has 148 valence electrons. The maximum atomic E-state index is 12.1. The second kappa shape index (κ2) is 8.83. The Morgan fingerprint density at radius 3 is 2.59 bits per heavy atom. The summed E-state index contributed by atoms with van der Waals surface area (Å²) < 4.78 is 3.11. The molecule has 0 aliphatic rings. The number of carbonyl (C=O) groups excluding carboxylic acids is 1. The molecule has 29 heavy (non-hydrogen) atoms. The van der Waals surface area contributed by atoms with Crippen molar-refractivity contribution in [1.82, 2.24) is 9.99 Å². The van der Waals surface area contributed by atoms with Gasteiger partial charge in [0.25, 0.3) is 5.69 Å². The highest BCUT2D eigenvalue weighted by Gasteiger charge is 2.15. The fraction of sp³-hybridized carbons (Fsp3) is 0.143. The number of amides is 1. The smallest absolute Gasteiger partial charge is 0.273 e. The van der Waals surface area contributed by atoms with Gasteiger partial charge < -0.3 is 4.57 Å². The van der Waals surface area contributed by atoms with Gasteiger partial charge in [0.2, 0.25) is 5.91 Å². The number of hydrazone groups is 1. The zero-order valence-corrected chi connectivity index (χ0v) is 17.5. The van der Waals surface area contributed by atoms with Crippen molar-refractivity contribution >= 4 is 33.7 Å². The van der Waals surface area contributed by atoms with Crippen molar-refractivity contribution in [2.45, 2.75) is 20.3 Å². The molecule has 0 spiro atoms. The Kier molecular flexibility index (Phi) is 6.23. The molecule has 3 aromatic rings. The summed E-state index contributed by atoms with van der Waals surface area (Å²) in [6.07, 6.45) is 1.46. The van der Waals surface area contributed by atoms with Crippen LogP contribution in [-0.4, -0.2) is 21.6 Å². The van der Waals surface area contributed by atoms with Crippen LogP contribution >= 0.6 is 15.9 Å². The lowest BCUT2D eigenvalue weighted by Crippen LogP contribution is -2.20. The predicted molar refractivity (Wildman–Crippen MR) is 115 cm³/mol. The van der Waals surface area contributed by atoms with Crippen LogP contribution in [-0.2, 0) is 11.2 Å². The van der Waals surface area contributed by atoms with E-state index in [1.807, 2.05) is 44.2 Å². The first kappa shape index (κ1) is 20.5. The van der Waals surface area contributed by atoms with E-state index >= 15 is 0 Å². The molecule has 7 nitrogen and oxygen atoms in total. The molecule has 1 amide bonds. The number of aryl methyl sites for hydroxylation is 1. The first-order valence-corrected chi connectivity index (χ1v) is 9.65. The highest BCUT2D eigenvalue weighted by atomic mass is 79.9. The molecule has 8 heteroatoms. The van der Waals surface area contributed by atoms with E-state index < -0.39 is 10.8 Å². The number of nitrogens with one attached hydrogen (secondary N) is 1. The van der Waals surface area contributed by atoms with E-state index in [2.05, 4.69) is 31.0 Å². The largest absolute Gasteiger partial charge is 0.318 e. The summed E-state index contributed by atoms with van der Waals surface area (Å²) in [7, 11) is 0. The van der Waals surface area contributed by atoms with E-state index in [0.717, 1.165) is 27.1 Å². The molecule has 1 N–H and O–H groups in total. The highest BCUT2D eigenvalue weighted by Crippen LogP contribution is 2.21. The second-order valence-corrected chi connectivity index (χ2v) is 7.41. The number of hydrogen-bond acceptors (Lipinski definition) is 4. The number of aromatic nitrogens is 1. The molecule has 0 saturated heterocycles. The van der Waals surface area contributed by atoms with E-state index in [-0.39, 0.29) is 12.1 Å². The molecule has 3 rings (SSSR count). The molecular weight excluding hydrogens is 436 g/mol. The monoisotopic (exact) mass is 454 g/mol. The summed E-state index contributed by atoms with van der Waals surface area (Å²) in [5.74, 6) is -0.419. The van der Waals surface area contributed by atoms with Crippen molar-refractivity contribution in [1.29, 1.82) is 0 Å². The first-order chi connectivity index (χ1) is 13.9. The van der Waals surface area contributed by atoms with Gasteiger partial charge in [0, 0.05) is 38.7 Å². The molecule has 1 heterocycles. The van der Waals surface area contributed by atoms with Crippen molar-refractivity contribution in [2.24, 2.45) is 5.10 Å². The average Bonchev–Trinajstić information content (AvgIpc) is 2.96. The van der Waals surface area contributed by atoms with Crippen LogP contribution in [0.4, 0.5) is 5.69 Å². The van der Waals surface area contributed by atoms with Crippen LogP contribution < -0.4 is 5.43 Å². The number of carbonyl (C=O) groups is 1. The van der Waals surface area contributed by atoms with Crippen LogP contribution in [0.2, 0.25) is 0 Å². The van der Waals surface area contributed by atoms with Crippen molar-refractivity contribution in [3.63, 3.8) is 0 Å². The molecule has 0 bridgehead atoms. The Labute approximate surface area is 176 Å². The fourth-order valence-electron chi connectivity index (χ4n) is 3.13. The van der Waals surface area contributed by atoms with Gasteiger partial charge in [-0.05, 0) is 44.2 Å². The van der Waals surface area contributed by atoms with Crippen LogP contribution in [0.1, 0.15) is 22.5 Å². The average molecular weight is 455 g/mol. The van der Waals surface area contributed by atoms with Crippen LogP contribution in [0, 0.1) is 24.0 Å². The predicted octanol–water partition coefficient (Wildman–Crippen LogP) is 4.46. The minimum Gasteiger partial charge on any atom is -0.318 e. The van der Waals surface area contributed by atoms with Crippen molar-refractivity contribution in [3.8, 4) is 5.69 Å². The van der Waals surface area contributed by atoms with E-state index in [1.165, 1.54) is 6.07 Å². The van der Waals surface area contributed by atoms with Crippen LogP contribution in [0.5, 0.6) is 0 Å². The summed E-state index contributed by atoms with van der Waals surface area (Å²) in [6.45, 7) is 3.98. The highest BCUT2D eigenvalue weighted by molar-refractivity contribution is 9.10. The Hall–Kier alpha value is -3.26. The molecule has 0 fully saturated rings. The van der Waals surface area contributed by atoms with Crippen molar-refractivity contribution in [3.05, 3.63) is 91.7 Å². The van der Waals surface area contributed by atoms with E-state index in [1.54, 1.807) is 24.4 Å². The van der Waals surface area contributed by atoms with Crippen LogP contribution in [0.3, 0.4) is 0 Å². The van der Waals surface area contributed by atoms with E-state index in [4.69, 9.17) is 0 Å². The van der Waals surface area contributed by atoms with E-state index in [0.29, 0.717) is 5.56 Å². The molecule has 0 aliphatic heterocycles. The molecule has 1 aromatic heterocycles. The van der Waals surface area contributed by atoms with Gasteiger partial charge in [0.05, 0.1) is 17.6 Å². The minimum absolute atomic E-state index is 0.0790. The lowest BCUT2D eigenvalue weighted by Gasteiger charge is -2.09. The third-order valence-corrected chi connectivity index (χ3v) is 5.02. The molecular formula is C21H19BrN4O3. The molecule has 0 unspecified atom stereocenters. The Morgan fingerprint density at radius 2 is 1.90 bits per heavy atom. The lowest BCUT2D eigenvalue weighted by atomic mass is 10.1. The van der Waals surface area contributed by atoms with Crippen LogP contribution in [0.15, 0.2) is 64.2 Å². The molecule has 0 radical (unpaired) electrons. The molecule has 0 atom stereocenters. The number of nitro groups is 1. The SMILES string of the molecule is Cc1cc(C=NNC(=O)Cc2ccccc2[N+](=O)[O-])c(C)n1-c1ccc(Br)cc1. The maximum absolute atomic E-state index is 12.1. The zero-order chi connectivity index (χ0) is 21.0. The number of halogens is 1. The topological polar surface area (TPSA) is 89.5 Å². The van der Waals surface area contributed by atoms with Gasteiger partial charge in [-0.25, -0.2) is 5.43 Å². The molecule has 2 aromatic carbocycles. The van der Waals surface area contributed by atoms with Gasteiger partial charge in [0.15, 0.2) is 0 Å². The number of rotatable bonds is 6. The third kappa shape index (κ3) is 4.78. The number of nitro benzene ring substituents is 1. The Bertz CT molecular complexity index is 1090. The van der Waals surface area contributed by atoms with Crippen molar-refractivity contribution in [2.75, 3.05) is 0 Å². The quantitative estimate of drug-likeness (QED) is 0.338. The second-order valence-electron chi connectivity index (χ2n) is 6.49. The van der Waals surface area contributed by atoms with E-state index in [9.17, 15) is 14.9 Å². The maximum Gasteiger partial charge on any atom is 0.273 e. The first-order valence-electron chi connectivity index (χ1n) is 8.86. The van der Waals surface area contributed by atoms with Gasteiger partial charge in [-0.3, -0.25) is 14.9 Å². The summed E-state index contributed by atoms with van der Waals surface area (Å²) in [5.41, 5.74) is 6.64. The summed E-state index contributed by atoms with van der Waals surface area (Å²) in [6, 6.07) is 16.1. The Balaban J connectivity index is 1.71. The van der Waals surface area contributed by atoms with Gasteiger partial charge in [0.1, 0.15) is 0 Å². The number of para-hydroxylation sites is 1. The Morgan fingerprint density at radius 1 is 1.21 bits per heavy atom. The standard InChI is InChI=1S/C21H19BrN4O3/c1-14-11-17(15(2)25(14)19-9-7-18(22)8-10-19)13-23-24-21(27)12-16-5-3-4-6-20(16)26(28)29/h3-11,13H,12H2,1-2H3,(H,24,27). The summed E-state index contributed by atoms with van der Waals surface area (Å²) in [5, 5.41) is 15.1. The van der Waals surface area contributed by atoms with Gasteiger partial charge in [-0.15, -0.1) is 0 Å². The lowest BCUT2D eigenvalue weighted by molar-refractivity contribution is -0.385. The third-order valence-electron chi connectivity index (χ3n) is 4.49. The number of nitrogens with zero attached hydrogens (tertiary/aromatic N) is 3. The van der Waals surface area contributed by atoms with Gasteiger partial charge in [-0.2, -0.15) is 5.10 Å². The number of hydrogen-bond donors (Lipinski definition) is 1. The molecule has 0 aliphatic carbocycles. The number of benzene rings is 2. The summed E-state index contributed by atoms with van der Waals surface area (Å²) >= 11 is 3.44. The summed E-state index contributed by atoms with van der Waals surface area (Å²) in [4.78, 5) is 22.7. The zero-order valence-electron chi connectivity index (χ0n) is 15.9. The molecule has 0 saturated carbocycles. The fourth-order valence-corrected chi connectivity index (χ4v) is 3.39. The minimum atomic E-state index is -0.497.